The molecule has 2 aliphatic rings. The molecule has 122 valence electrons. The molecular formula is C15H19BN2O4S. The van der Waals surface area contributed by atoms with Crippen LogP contribution in [0, 0.1) is 0 Å². The second kappa shape index (κ2) is 6.94. The van der Waals surface area contributed by atoms with E-state index in [0.717, 1.165) is 18.7 Å². The molecule has 0 bridgehead atoms. The first-order chi connectivity index (χ1) is 11.0. The molecule has 8 heteroatoms. The Hall–Kier alpha value is -1.51. The van der Waals surface area contributed by atoms with Crippen LogP contribution in [0.15, 0.2) is 18.2 Å². The van der Waals surface area contributed by atoms with Crippen LogP contribution in [0.25, 0.3) is 0 Å². The number of amides is 1. The van der Waals surface area contributed by atoms with Gasteiger partial charge in [0.05, 0.1) is 17.4 Å². The third-order valence-corrected chi connectivity index (χ3v) is 5.25. The standard InChI is InChI=1S/C15H19BN2O4S/c1-9(19)11-3-2-4-12-13(5-16(21)22-15(11)12)18-14(20)8-23-10-6-17-7-10/h2-4,10,13,17,21H,5-8H2,1H3,(H,18,20)/t13-/m1/s1. The van der Waals surface area contributed by atoms with E-state index in [1.54, 1.807) is 23.9 Å². The number of thioether (sulfide) groups is 1. The largest absolute Gasteiger partial charge is 0.535 e. The summed E-state index contributed by atoms with van der Waals surface area (Å²) in [7, 11) is -1.03. The van der Waals surface area contributed by atoms with Crippen molar-refractivity contribution in [2.24, 2.45) is 0 Å². The van der Waals surface area contributed by atoms with Crippen LogP contribution in [0.3, 0.4) is 0 Å². The van der Waals surface area contributed by atoms with Crippen molar-refractivity contribution in [3.8, 4) is 5.75 Å². The molecule has 1 saturated heterocycles. The summed E-state index contributed by atoms with van der Waals surface area (Å²) in [5.74, 6) is 0.566. The number of nitrogens with one attached hydrogen (secondary N) is 2. The highest BCUT2D eigenvalue weighted by atomic mass is 32.2. The Kier molecular flexibility index (Phi) is 4.94. The Morgan fingerprint density at radius 3 is 2.91 bits per heavy atom. The van der Waals surface area contributed by atoms with Crippen LogP contribution in [-0.2, 0) is 4.79 Å². The molecule has 0 unspecified atom stereocenters. The van der Waals surface area contributed by atoms with E-state index in [9.17, 15) is 14.6 Å². The SMILES string of the molecule is CC(=O)c1cccc2c1OB(O)C[C@H]2NC(=O)CSC1CNC1. The highest BCUT2D eigenvalue weighted by molar-refractivity contribution is 8.00. The first-order valence-electron chi connectivity index (χ1n) is 7.65. The Morgan fingerprint density at radius 2 is 2.26 bits per heavy atom. The summed E-state index contributed by atoms with van der Waals surface area (Å²) in [6.45, 7) is 3.34. The van der Waals surface area contributed by atoms with Crippen LogP contribution in [-0.4, -0.2) is 47.9 Å². The zero-order valence-electron chi connectivity index (χ0n) is 12.9. The average Bonchev–Trinajstić information content (AvgIpc) is 2.44. The van der Waals surface area contributed by atoms with Gasteiger partial charge in [-0.2, -0.15) is 0 Å². The molecule has 0 aromatic heterocycles. The van der Waals surface area contributed by atoms with E-state index >= 15 is 0 Å². The van der Waals surface area contributed by atoms with Crippen molar-refractivity contribution < 1.29 is 19.3 Å². The summed E-state index contributed by atoms with van der Waals surface area (Å²) in [6.07, 6.45) is 0.274. The molecule has 0 spiro atoms. The molecule has 1 aromatic carbocycles. The number of Topliss-reactive ketones (excluding diaryl/α,β-unsaturated/α-hetero) is 1. The third kappa shape index (κ3) is 3.71. The van der Waals surface area contributed by atoms with E-state index in [1.165, 1.54) is 6.92 Å². The molecule has 1 atom stereocenters. The van der Waals surface area contributed by atoms with Crippen molar-refractivity contribution in [3.05, 3.63) is 29.3 Å². The van der Waals surface area contributed by atoms with E-state index in [1.807, 2.05) is 6.07 Å². The van der Waals surface area contributed by atoms with Gasteiger partial charge in [-0.1, -0.05) is 12.1 Å². The van der Waals surface area contributed by atoms with Crippen LogP contribution in [0.5, 0.6) is 5.75 Å². The van der Waals surface area contributed by atoms with Crippen molar-refractivity contribution in [3.63, 3.8) is 0 Å². The molecule has 0 saturated carbocycles. The lowest BCUT2D eigenvalue weighted by molar-refractivity contribution is -0.119. The summed E-state index contributed by atoms with van der Waals surface area (Å²) in [4.78, 5) is 23.9. The van der Waals surface area contributed by atoms with E-state index < -0.39 is 7.12 Å². The van der Waals surface area contributed by atoms with Gasteiger partial charge in [-0.05, 0) is 13.0 Å². The van der Waals surface area contributed by atoms with Gasteiger partial charge in [-0.3, -0.25) is 9.59 Å². The minimum atomic E-state index is -1.03. The van der Waals surface area contributed by atoms with Crippen molar-refractivity contribution in [1.82, 2.24) is 10.6 Å². The van der Waals surface area contributed by atoms with Crippen LogP contribution in [0.2, 0.25) is 6.32 Å². The van der Waals surface area contributed by atoms with E-state index in [2.05, 4.69) is 10.6 Å². The van der Waals surface area contributed by atoms with Gasteiger partial charge in [-0.25, -0.2) is 0 Å². The Balaban J connectivity index is 1.72. The van der Waals surface area contributed by atoms with Gasteiger partial charge < -0.3 is 20.3 Å². The predicted octanol–water partition coefficient (Wildman–Crippen LogP) is 0.624. The van der Waals surface area contributed by atoms with Crippen LogP contribution in [0.1, 0.15) is 28.9 Å². The van der Waals surface area contributed by atoms with Crippen LogP contribution >= 0.6 is 11.8 Å². The fourth-order valence-electron chi connectivity index (χ4n) is 2.70. The second-order valence-corrected chi connectivity index (χ2v) is 7.09. The topological polar surface area (TPSA) is 87.7 Å². The van der Waals surface area contributed by atoms with Gasteiger partial charge in [0.1, 0.15) is 5.75 Å². The number of fused-ring (bicyclic) bond motifs is 1. The number of ketones is 1. The van der Waals surface area contributed by atoms with Gasteiger partial charge in [0.2, 0.25) is 5.91 Å². The second-order valence-electron chi connectivity index (χ2n) is 5.80. The van der Waals surface area contributed by atoms with Gasteiger partial charge in [0, 0.05) is 30.2 Å². The van der Waals surface area contributed by atoms with Crippen molar-refractivity contribution in [2.45, 2.75) is 24.5 Å². The van der Waals surface area contributed by atoms with Crippen molar-refractivity contribution in [2.75, 3.05) is 18.8 Å². The normalized spacial score (nSPS) is 20.3. The first-order valence-corrected chi connectivity index (χ1v) is 8.69. The number of benzene rings is 1. The van der Waals surface area contributed by atoms with Crippen molar-refractivity contribution in [1.29, 1.82) is 0 Å². The first kappa shape index (κ1) is 16.4. The zero-order chi connectivity index (χ0) is 16.4. The van der Waals surface area contributed by atoms with E-state index in [0.29, 0.717) is 22.3 Å². The highest BCUT2D eigenvalue weighted by Crippen LogP contribution is 2.36. The highest BCUT2D eigenvalue weighted by Gasteiger charge is 2.34. The molecule has 6 nitrogen and oxygen atoms in total. The lowest BCUT2D eigenvalue weighted by Gasteiger charge is -2.30. The molecule has 2 aliphatic heterocycles. The molecule has 3 rings (SSSR count). The van der Waals surface area contributed by atoms with E-state index in [-0.39, 0.29) is 24.1 Å². The molecule has 23 heavy (non-hydrogen) atoms. The molecule has 2 heterocycles. The maximum absolute atomic E-state index is 12.1. The maximum atomic E-state index is 12.1. The monoisotopic (exact) mass is 334 g/mol. The molecule has 1 amide bonds. The number of para-hydroxylation sites is 1. The predicted molar refractivity (Wildman–Crippen MR) is 89.9 cm³/mol. The minimum Gasteiger partial charge on any atom is -0.535 e. The summed E-state index contributed by atoms with van der Waals surface area (Å²) in [5, 5.41) is 16.5. The fourth-order valence-corrected chi connectivity index (χ4v) is 3.64. The Bertz CT molecular complexity index is 623. The smallest absolute Gasteiger partial charge is 0.525 e. The van der Waals surface area contributed by atoms with Crippen LogP contribution < -0.4 is 15.3 Å². The number of carbonyl (C=O) groups excluding carboxylic acids is 2. The maximum Gasteiger partial charge on any atom is 0.525 e. The Labute approximate surface area is 139 Å². The van der Waals surface area contributed by atoms with Gasteiger partial charge >= 0.3 is 7.12 Å². The van der Waals surface area contributed by atoms with Gasteiger partial charge in [0.25, 0.3) is 0 Å². The zero-order valence-corrected chi connectivity index (χ0v) is 13.7. The number of rotatable bonds is 5. The average molecular weight is 334 g/mol. The summed E-state index contributed by atoms with van der Waals surface area (Å²) < 4.78 is 5.43. The molecular weight excluding hydrogens is 315 g/mol. The minimum absolute atomic E-state index is 0.0693. The molecule has 0 aliphatic carbocycles. The number of hydrogen-bond acceptors (Lipinski definition) is 6. The quantitative estimate of drug-likeness (QED) is 0.541. The lowest BCUT2D eigenvalue weighted by Crippen LogP contribution is -2.45. The van der Waals surface area contributed by atoms with Crippen LogP contribution in [0.4, 0.5) is 0 Å². The molecule has 3 N–H and O–H groups in total. The summed E-state index contributed by atoms with van der Waals surface area (Å²) >= 11 is 1.63. The van der Waals surface area contributed by atoms with Gasteiger partial charge in [0.15, 0.2) is 5.78 Å². The number of hydrogen-bond donors (Lipinski definition) is 3. The fraction of sp³-hybridized carbons (Fsp3) is 0.467. The molecule has 1 fully saturated rings. The molecule has 1 aromatic rings. The third-order valence-electron chi connectivity index (χ3n) is 4.02. The van der Waals surface area contributed by atoms with Gasteiger partial charge in [-0.15, -0.1) is 11.8 Å². The lowest BCUT2D eigenvalue weighted by atomic mass is 9.75. The summed E-state index contributed by atoms with van der Waals surface area (Å²) in [5.41, 5.74) is 1.17. The van der Waals surface area contributed by atoms with E-state index in [4.69, 9.17) is 4.65 Å². The molecule has 0 radical (unpaired) electrons. The number of carbonyl (C=O) groups is 2. The summed E-state index contributed by atoms with van der Waals surface area (Å²) in [6, 6.07) is 4.91. The van der Waals surface area contributed by atoms with Crippen molar-refractivity contribution >= 4 is 30.6 Å². The Morgan fingerprint density at radius 1 is 1.48 bits per heavy atom.